The van der Waals surface area contributed by atoms with Gasteiger partial charge in [0, 0.05) is 24.2 Å². The van der Waals surface area contributed by atoms with Crippen molar-refractivity contribution in [2.75, 3.05) is 83.1 Å². The number of hydrogen-bond acceptors (Lipinski definition) is 12. The van der Waals surface area contributed by atoms with Crippen molar-refractivity contribution in [3.05, 3.63) is 93.0 Å². The van der Waals surface area contributed by atoms with Gasteiger partial charge in [-0.05, 0) is 195 Å². The van der Waals surface area contributed by atoms with Crippen LogP contribution in [-0.4, -0.2) is 105 Å². The summed E-state index contributed by atoms with van der Waals surface area (Å²) < 4.78 is 46.2. The number of rotatable bonds is 23. The molecule has 6 atom stereocenters. The Hall–Kier alpha value is -3.88. The molecule has 76 heavy (non-hydrogen) atoms. The molecule has 0 bridgehead atoms. The predicted octanol–water partition coefficient (Wildman–Crippen LogP) is 8.12. The zero-order chi connectivity index (χ0) is 47.6. The maximum Gasteiger partial charge on any atom is 0.161 e. The van der Waals surface area contributed by atoms with Crippen molar-refractivity contribution in [3.8, 4) is 46.0 Å². The van der Waals surface area contributed by atoms with Crippen LogP contribution in [0, 0.1) is 11.8 Å². The van der Waals surface area contributed by atoms with Crippen LogP contribution in [-0.2, 0) is 25.7 Å². The average molecular weight is 1150 g/mol. The van der Waals surface area contributed by atoms with E-state index in [0.717, 1.165) is 162 Å². The van der Waals surface area contributed by atoms with Gasteiger partial charge in [0.2, 0.25) is 0 Å². The van der Waals surface area contributed by atoms with Gasteiger partial charge in [0.05, 0.1) is 56.9 Å². The van der Waals surface area contributed by atoms with E-state index in [2.05, 4.69) is 69.8 Å². The lowest BCUT2D eigenvalue weighted by Gasteiger charge is -2.36. The molecule has 4 heterocycles. The zero-order valence-electron chi connectivity index (χ0n) is 45.7. The first-order chi connectivity index (χ1) is 33.3. The summed E-state index contributed by atoms with van der Waals surface area (Å²) in [4.78, 5) is 0. The van der Waals surface area contributed by atoms with Crippen molar-refractivity contribution >= 4 is 49.6 Å². The van der Waals surface area contributed by atoms with Crippen LogP contribution < -0.4 is 59.2 Å². The molecule has 4 aliphatic heterocycles. The van der Waals surface area contributed by atoms with Crippen LogP contribution in [0.3, 0.4) is 0 Å². The van der Waals surface area contributed by atoms with Crippen molar-refractivity contribution < 1.29 is 59.8 Å². The Balaban J connectivity index is 0.00000703. The minimum absolute atomic E-state index is 0. The van der Waals surface area contributed by atoms with Crippen LogP contribution in [0.15, 0.2) is 48.5 Å². The lowest BCUT2D eigenvalue weighted by Crippen LogP contribution is -2.36. The maximum atomic E-state index is 5.89. The quantitative estimate of drug-likeness (QED) is 0.0514. The second-order valence-corrected chi connectivity index (χ2v) is 19.2. The molecule has 0 saturated heterocycles. The monoisotopic (exact) mass is 1150 g/mol. The van der Waals surface area contributed by atoms with Gasteiger partial charge in [-0.15, -0.1) is 49.6 Å². The fraction of sp³-hybridized carbons (Fsp3) is 0.571. The van der Waals surface area contributed by atoms with Gasteiger partial charge in [-0.3, -0.25) is 0 Å². The molecule has 16 nitrogen and oxygen atoms in total. The summed E-state index contributed by atoms with van der Waals surface area (Å²) in [6.45, 7) is 3.83. The standard InChI is InChI=1S/C56H78N4O8.4ClH.4H2O/c1-61-47-27-37-19-23-57-45(41(37)31-51(47)65-5)17-11-15-35(55-43-33-53(67-7)49(63-3)29-39(43)21-25-59-55)13-9-10-14-36(56-44-34-54(68-8)50(64-4)30-40(44)22-26-60-56)16-12-18-46-42-32-52(66-6)48(62-2)28-38(42)20-24-58-46;;;;;;;;/h27-36,45-46,55-60H,9-26H2,1-8H3;4*1H;4*1H2. The van der Waals surface area contributed by atoms with Gasteiger partial charge < -0.3 is 81.1 Å². The van der Waals surface area contributed by atoms with Crippen molar-refractivity contribution in [1.29, 1.82) is 0 Å². The highest BCUT2D eigenvalue weighted by Crippen LogP contribution is 2.45. The van der Waals surface area contributed by atoms with Gasteiger partial charge in [-0.2, -0.15) is 0 Å². The lowest BCUT2D eigenvalue weighted by molar-refractivity contribution is 0.265. The van der Waals surface area contributed by atoms with E-state index in [1.165, 1.54) is 44.5 Å². The van der Waals surface area contributed by atoms with Gasteiger partial charge >= 0.3 is 0 Å². The highest BCUT2D eigenvalue weighted by Gasteiger charge is 2.33. The summed E-state index contributed by atoms with van der Waals surface area (Å²) in [5.41, 5.74) is 10.8. The van der Waals surface area contributed by atoms with E-state index in [0.29, 0.717) is 11.8 Å². The van der Waals surface area contributed by atoms with E-state index in [9.17, 15) is 0 Å². The Morgan fingerprint density at radius 1 is 0.342 bits per heavy atom. The third kappa shape index (κ3) is 16.4. The third-order valence-electron chi connectivity index (χ3n) is 15.6. The van der Waals surface area contributed by atoms with E-state index in [4.69, 9.17) is 37.9 Å². The minimum Gasteiger partial charge on any atom is -0.493 e. The fourth-order valence-corrected chi connectivity index (χ4v) is 12.1. The van der Waals surface area contributed by atoms with Crippen molar-refractivity contribution in [3.63, 3.8) is 0 Å². The number of methoxy groups -OCH3 is 8. The molecule has 4 aliphatic rings. The Kier molecular flexibility index (Phi) is 33.1. The molecular weight excluding hydrogens is 1060 g/mol. The van der Waals surface area contributed by atoms with Crippen LogP contribution in [0.5, 0.6) is 46.0 Å². The van der Waals surface area contributed by atoms with E-state index >= 15 is 0 Å². The van der Waals surface area contributed by atoms with Crippen molar-refractivity contribution in [2.45, 2.75) is 114 Å². The Labute approximate surface area is 476 Å². The topological polar surface area (TPSA) is 248 Å². The van der Waals surface area contributed by atoms with Crippen molar-refractivity contribution in [1.82, 2.24) is 21.3 Å². The molecule has 8 rings (SSSR count). The maximum absolute atomic E-state index is 5.89. The van der Waals surface area contributed by atoms with Crippen LogP contribution >= 0.6 is 49.6 Å². The number of hydrogen-bond donors (Lipinski definition) is 4. The van der Waals surface area contributed by atoms with E-state index in [1.807, 2.05) is 0 Å². The lowest BCUT2D eigenvalue weighted by atomic mass is 9.78. The van der Waals surface area contributed by atoms with Gasteiger partial charge in [-0.1, -0.05) is 25.7 Å². The normalized spacial score (nSPS) is 18.3. The molecule has 0 aromatic heterocycles. The summed E-state index contributed by atoms with van der Waals surface area (Å²) in [5.74, 6) is 7.33. The first-order valence-electron chi connectivity index (χ1n) is 25.3. The first kappa shape index (κ1) is 72.1. The minimum atomic E-state index is 0. The van der Waals surface area contributed by atoms with Gasteiger partial charge in [0.25, 0.3) is 0 Å². The number of halogens is 4. The van der Waals surface area contributed by atoms with E-state index < -0.39 is 0 Å². The number of ether oxygens (including phenoxy) is 8. The third-order valence-corrected chi connectivity index (χ3v) is 15.6. The van der Waals surface area contributed by atoms with E-state index in [-0.39, 0.29) is 95.7 Å². The SMILES string of the molecule is COc1cc2c(cc1OC)C(CCCC(CCCCC(CCCC1NCCc3cc(OC)c(OC)cc31)C1NCCc3cc(OC)c(OC)cc31)C1NCCc3cc(OC)c(OC)cc31)NCC2.Cl.Cl.Cl.Cl.O.O.O.O. The second kappa shape index (κ2) is 34.9. The number of fused-ring (bicyclic) bond motifs is 4. The number of nitrogens with one attached hydrogen (secondary N) is 4. The molecule has 0 aliphatic carbocycles. The molecule has 0 spiro atoms. The molecule has 0 saturated carbocycles. The molecule has 6 unspecified atom stereocenters. The van der Waals surface area contributed by atoms with Crippen LogP contribution in [0.4, 0.5) is 0 Å². The number of unbranched alkanes of at least 4 members (excludes halogenated alkanes) is 1. The molecule has 0 fully saturated rings. The summed E-state index contributed by atoms with van der Waals surface area (Å²) in [7, 11) is 13.9. The molecular formula is C56H90Cl4N4O12. The fourth-order valence-electron chi connectivity index (χ4n) is 12.1. The summed E-state index contributed by atoms with van der Waals surface area (Å²) in [6.07, 6.45) is 15.2. The molecule has 0 radical (unpaired) electrons. The Morgan fingerprint density at radius 2 is 0.579 bits per heavy atom. The molecule has 4 aromatic rings. The van der Waals surface area contributed by atoms with Gasteiger partial charge in [0.1, 0.15) is 0 Å². The summed E-state index contributed by atoms with van der Waals surface area (Å²) in [6, 6.07) is 18.7. The largest absolute Gasteiger partial charge is 0.493 e. The highest BCUT2D eigenvalue weighted by atomic mass is 35.5. The second-order valence-electron chi connectivity index (χ2n) is 19.2. The molecule has 0 amide bonds. The summed E-state index contributed by atoms with van der Waals surface area (Å²) in [5, 5.41) is 15.7. The predicted molar refractivity (Wildman–Crippen MR) is 313 cm³/mol. The molecule has 12 N–H and O–H groups in total. The number of benzene rings is 4. The Bertz CT molecular complexity index is 2180. The molecule has 434 valence electrons. The zero-order valence-corrected chi connectivity index (χ0v) is 49.0. The van der Waals surface area contributed by atoms with Crippen molar-refractivity contribution in [2.24, 2.45) is 11.8 Å². The molecule has 4 aromatic carbocycles. The van der Waals surface area contributed by atoms with Crippen LogP contribution in [0.2, 0.25) is 0 Å². The smallest absolute Gasteiger partial charge is 0.161 e. The Morgan fingerprint density at radius 3 is 0.868 bits per heavy atom. The molecule has 20 heteroatoms. The van der Waals surface area contributed by atoms with Crippen LogP contribution in [0.1, 0.15) is 133 Å². The average Bonchev–Trinajstić information content (AvgIpc) is 3.38. The van der Waals surface area contributed by atoms with Crippen LogP contribution in [0.25, 0.3) is 0 Å². The van der Waals surface area contributed by atoms with Gasteiger partial charge in [0.15, 0.2) is 46.0 Å². The van der Waals surface area contributed by atoms with Gasteiger partial charge in [-0.25, -0.2) is 0 Å². The highest BCUT2D eigenvalue weighted by molar-refractivity contribution is 5.86. The van der Waals surface area contributed by atoms with E-state index in [1.54, 1.807) is 56.9 Å². The summed E-state index contributed by atoms with van der Waals surface area (Å²) >= 11 is 0. The first-order valence-corrected chi connectivity index (χ1v) is 25.3.